The largest absolute Gasteiger partial charge is 0.455 e. The Morgan fingerprint density at radius 3 is 2.00 bits per heavy atom. The average Bonchev–Trinajstić information content (AvgIpc) is 2.92. The number of hydrogen-bond donors (Lipinski definition) is 0. The average molecular weight is 316 g/mol. The number of hydrogen-bond acceptors (Lipinski definition) is 4. The minimum atomic E-state index is -5.07. The van der Waals surface area contributed by atoms with E-state index in [-0.39, 0.29) is 9.80 Å². The first-order valence-corrected chi connectivity index (χ1v) is 7.11. The molecule has 0 spiro atoms. The molecule has 1 heterocycles. The Morgan fingerprint density at radius 2 is 1.50 bits per heavy atom. The van der Waals surface area contributed by atoms with Crippen molar-refractivity contribution >= 4 is 35.1 Å². The number of thioether (sulfide) groups is 2. The number of carbonyl (C=O) groups is 2. The van der Waals surface area contributed by atoms with Gasteiger partial charge in [0.05, 0.1) is 9.81 Å². The van der Waals surface area contributed by atoms with Crippen molar-refractivity contribution in [1.82, 2.24) is 0 Å². The minimum Gasteiger partial charge on any atom is -0.288 e. The van der Waals surface area contributed by atoms with Crippen LogP contribution in [-0.4, -0.2) is 17.7 Å². The maximum absolute atomic E-state index is 12.7. The van der Waals surface area contributed by atoms with Gasteiger partial charge in [-0.25, -0.2) is 0 Å². The number of Topliss-reactive ketones (excluding diaryl/α,β-unsaturated/α-hetero) is 2. The lowest BCUT2D eigenvalue weighted by atomic mass is 10.0. The van der Waals surface area contributed by atoms with Crippen LogP contribution < -0.4 is 0 Å². The number of alkyl halides is 3. The van der Waals surface area contributed by atoms with Crippen molar-refractivity contribution < 1.29 is 22.8 Å². The summed E-state index contributed by atoms with van der Waals surface area (Å²) in [5.41, 5.74) is -0.760. The summed E-state index contributed by atoms with van der Waals surface area (Å²) in [5.74, 6) is -3.02. The van der Waals surface area contributed by atoms with Gasteiger partial charge in [-0.3, -0.25) is 9.59 Å². The zero-order valence-electron chi connectivity index (χ0n) is 9.81. The van der Waals surface area contributed by atoms with E-state index >= 15 is 0 Å². The predicted octanol–water partition coefficient (Wildman–Crippen LogP) is 4.16. The lowest BCUT2D eigenvalue weighted by Gasteiger charge is -2.11. The molecule has 0 bridgehead atoms. The number of ketones is 2. The molecule has 2 rings (SSSR count). The number of benzene rings is 1. The summed E-state index contributed by atoms with van der Waals surface area (Å²) in [6.07, 6.45) is -5.07. The van der Waals surface area contributed by atoms with Crippen LogP contribution in [0.1, 0.15) is 10.4 Å². The van der Waals surface area contributed by atoms with Gasteiger partial charge in [-0.2, -0.15) is 13.2 Å². The summed E-state index contributed by atoms with van der Waals surface area (Å²) < 4.78 is 38.0. The molecule has 0 amide bonds. The molecule has 0 atom stereocenters. The van der Waals surface area contributed by atoms with Gasteiger partial charge in [0.25, 0.3) is 5.78 Å². The van der Waals surface area contributed by atoms with Gasteiger partial charge in [0, 0.05) is 5.56 Å². The highest BCUT2D eigenvalue weighted by molar-refractivity contribution is 8.27. The van der Waals surface area contributed by atoms with Crippen LogP contribution in [0.4, 0.5) is 13.2 Å². The van der Waals surface area contributed by atoms with E-state index in [4.69, 9.17) is 0 Å². The molecule has 7 heteroatoms. The molecule has 0 aliphatic carbocycles. The van der Waals surface area contributed by atoms with Crippen LogP contribution in [-0.2, 0) is 4.79 Å². The van der Waals surface area contributed by atoms with Gasteiger partial charge in [0.2, 0.25) is 0 Å². The molecule has 0 saturated heterocycles. The smallest absolute Gasteiger partial charge is 0.288 e. The Hall–Kier alpha value is -1.47. The number of halogens is 3. The molecule has 20 heavy (non-hydrogen) atoms. The number of allylic oxidation sites excluding steroid dienone is 1. The van der Waals surface area contributed by atoms with Crippen LogP contribution in [0.25, 0.3) is 0 Å². The van der Waals surface area contributed by atoms with Gasteiger partial charge in [0.1, 0.15) is 0 Å². The molecule has 2 nitrogen and oxygen atoms in total. The fourth-order valence-electron chi connectivity index (χ4n) is 1.49. The Kier molecular flexibility index (Phi) is 4.39. The fraction of sp³-hybridized carbons (Fsp3) is 0.0769. The van der Waals surface area contributed by atoms with Gasteiger partial charge >= 0.3 is 6.18 Å². The monoisotopic (exact) mass is 316 g/mol. The third-order valence-corrected chi connectivity index (χ3v) is 4.49. The van der Waals surface area contributed by atoms with E-state index in [0.717, 1.165) is 23.5 Å². The van der Waals surface area contributed by atoms with E-state index in [1.807, 2.05) is 0 Å². The van der Waals surface area contributed by atoms with Crippen LogP contribution in [0, 0.1) is 0 Å². The predicted molar refractivity (Wildman–Crippen MR) is 73.2 cm³/mol. The van der Waals surface area contributed by atoms with E-state index in [1.165, 1.54) is 35.1 Å². The summed E-state index contributed by atoms with van der Waals surface area (Å²) >= 11 is 1.88. The molecule has 0 aromatic heterocycles. The van der Waals surface area contributed by atoms with Crippen molar-refractivity contribution in [2.24, 2.45) is 0 Å². The van der Waals surface area contributed by atoms with Gasteiger partial charge < -0.3 is 0 Å². The molecule has 104 valence electrons. The fourth-order valence-corrected chi connectivity index (χ4v) is 3.34. The van der Waals surface area contributed by atoms with Crippen molar-refractivity contribution in [2.45, 2.75) is 6.18 Å². The zero-order chi connectivity index (χ0) is 14.8. The second-order valence-electron chi connectivity index (χ2n) is 3.69. The topological polar surface area (TPSA) is 34.1 Å². The van der Waals surface area contributed by atoms with Crippen molar-refractivity contribution in [2.75, 3.05) is 0 Å². The first-order chi connectivity index (χ1) is 9.41. The van der Waals surface area contributed by atoms with E-state index in [1.54, 1.807) is 6.07 Å². The number of rotatable bonds is 3. The quantitative estimate of drug-likeness (QED) is 0.363. The van der Waals surface area contributed by atoms with Crippen LogP contribution in [0.3, 0.4) is 0 Å². The molecule has 0 N–H and O–H groups in total. The van der Waals surface area contributed by atoms with Gasteiger partial charge in [-0.15, -0.1) is 0 Å². The number of carbonyl (C=O) groups excluding carboxylic acids is 2. The van der Waals surface area contributed by atoms with E-state index in [2.05, 4.69) is 0 Å². The summed E-state index contributed by atoms with van der Waals surface area (Å²) in [6.45, 7) is 0. The molecule has 0 radical (unpaired) electrons. The summed E-state index contributed by atoms with van der Waals surface area (Å²) in [7, 11) is 0. The van der Waals surface area contributed by atoms with Gasteiger partial charge in [-0.1, -0.05) is 53.9 Å². The molecule has 1 aliphatic rings. The Labute approximate surface area is 121 Å². The summed E-state index contributed by atoms with van der Waals surface area (Å²) in [5, 5.41) is 3.06. The minimum absolute atomic E-state index is 0.0562. The van der Waals surface area contributed by atoms with Crippen LogP contribution >= 0.6 is 23.5 Å². The van der Waals surface area contributed by atoms with Crippen molar-refractivity contribution in [1.29, 1.82) is 0 Å². The van der Waals surface area contributed by atoms with Crippen molar-refractivity contribution in [3.8, 4) is 0 Å². The Balaban J connectivity index is 2.46. The summed E-state index contributed by atoms with van der Waals surface area (Å²) in [6, 6.07) is 7.45. The van der Waals surface area contributed by atoms with Crippen molar-refractivity contribution in [3.05, 3.63) is 56.5 Å². The first kappa shape index (κ1) is 14.9. The zero-order valence-corrected chi connectivity index (χ0v) is 11.4. The second kappa shape index (κ2) is 5.88. The standard InChI is InChI=1S/C13H7F3O2S2/c14-13(15,16)11(18)9(12-19-6-7-20-12)10(17)8-4-2-1-3-5-8/h1-7H. The molecule has 0 fully saturated rings. The van der Waals surface area contributed by atoms with Crippen molar-refractivity contribution in [3.63, 3.8) is 0 Å². The highest BCUT2D eigenvalue weighted by atomic mass is 32.2. The van der Waals surface area contributed by atoms with Gasteiger partial charge in [0.15, 0.2) is 5.78 Å². The normalized spacial score (nSPS) is 14.4. The van der Waals surface area contributed by atoms with Crippen LogP contribution in [0.2, 0.25) is 0 Å². The maximum Gasteiger partial charge on any atom is 0.455 e. The van der Waals surface area contributed by atoms with Gasteiger partial charge in [-0.05, 0) is 10.8 Å². The highest BCUT2D eigenvalue weighted by Gasteiger charge is 2.44. The third-order valence-electron chi connectivity index (χ3n) is 2.36. The Morgan fingerprint density at radius 1 is 0.950 bits per heavy atom. The first-order valence-electron chi connectivity index (χ1n) is 5.35. The SMILES string of the molecule is O=C(C(C(=O)C(F)(F)F)=C1SC=CS1)c1ccccc1. The van der Waals surface area contributed by atoms with Crippen LogP contribution in [0.5, 0.6) is 0 Å². The van der Waals surface area contributed by atoms with E-state index < -0.39 is 23.3 Å². The molecular weight excluding hydrogens is 309 g/mol. The molecule has 0 unspecified atom stereocenters. The lowest BCUT2D eigenvalue weighted by Crippen LogP contribution is -2.29. The maximum atomic E-state index is 12.7. The molecule has 1 aromatic carbocycles. The molecule has 1 aromatic rings. The van der Waals surface area contributed by atoms with E-state index in [0.29, 0.717) is 0 Å². The molecule has 1 aliphatic heterocycles. The highest BCUT2D eigenvalue weighted by Crippen LogP contribution is 2.42. The Bertz CT molecular complexity index is 594. The van der Waals surface area contributed by atoms with E-state index in [9.17, 15) is 22.8 Å². The van der Waals surface area contributed by atoms with Crippen LogP contribution in [0.15, 0.2) is 51.0 Å². The molecular formula is C13H7F3O2S2. The lowest BCUT2D eigenvalue weighted by molar-refractivity contribution is -0.166. The summed E-state index contributed by atoms with van der Waals surface area (Å²) in [4.78, 5) is 23.7. The second-order valence-corrected chi connectivity index (χ2v) is 5.78. The third kappa shape index (κ3) is 3.16. The molecule has 0 saturated carbocycles.